The summed E-state index contributed by atoms with van der Waals surface area (Å²) in [6.45, 7) is 5.88. The van der Waals surface area contributed by atoms with Crippen LogP contribution in [0.25, 0.3) is 5.70 Å². The maximum Gasteiger partial charge on any atom is 0.280 e. The number of aromatic nitrogens is 2. The average Bonchev–Trinajstić information content (AvgIpc) is 2.68. The molecule has 0 aliphatic carbocycles. The highest BCUT2D eigenvalue weighted by atomic mass is 16.2. The Kier molecular flexibility index (Phi) is 9.03. The molecule has 1 amide bonds. The maximum absolute atomic E-state index is 12.3. The Hall–Kier alpha value is -3.28. The smallest absolute Gasteiger partial charge is 0.280 e. The van der Waals surface area contributed by atoms with Crippen LogP contribution in [0.2, 0.25) is 0 Å². The number of rotatable bonds is 5. The van der Waals surface area contributed by atoms with Crippen LogP contribution in [0.1, 0.15) is 31.3 Å². The van der Waals surface area contributed by atoms with Crippen molar-refractivity contribution in [1.29, 1.82) is 0 Å². The normalized spacial score (nSPS) is 11.3. The zero-order valence-electron chi connectivity index (χ0n) is 15.5. The van der Waals surface area contributed by atoms with Crippen molar-refractivity contribution in [3.63, 3.8) is 0 Å². The number of nitrogens with zero attached hydrogens (tertiary/aromatic N) is 3. The lowest BCUT2D eigenvalue weighted by atomic mass is 10.3. The van der Waals surface area contributed by atoms with Gasteiger partial charge in [-0.1, -0.05) is 44.2 Å². The Morgan fingerprint density at radius 2 is 1.88 bits per heavy atom. The van der Waals surface area contributed by atoms with Gasteiger partial charge in [-0.15, -0.1) is 0 Å². The number of amides is 1. The first-order valence-electron chi connectivity index (χ1n) is 8.37. The number of anilines is 1. The molecule has 6 nitrogen and oxygen atoms in total. The van der Waals surface area contributed by atoms with Gasteiger partial charge < -0.3 is 5.32 Å². The third-order valence-electron chi connectivity index (χ3n) is 3.04. The van der Waals surface area contributed by atoms with Crippen LogP contribution in [0.15, 0.2) is 70.6 Å². The van der Waals surface area contributed by atoms with Crippen LogP contribution in [0, 0.1) is 0 Å². The standard InChI is InChI=1S/C18H18N4O2.C2H6/c1-3-4-10-15(13-19-2)22-12-11-16(23)17(21-22)18(24)20-14-8-6-5-7-9-14;1-2/h3-13H,1-2H3,(H,20,24);1-2H3/b4-3-,15-10+,19-13?;. The first-order valence-corrected chi connectivity index (χ1v) is 8.37. The molecule has 0 saturated heterocycles. The SMILES string of the molecule is C/C=C\C=C(/C=NC)n1ccc(=O)c(C(=O)Nc2ccccc2)n1.CC. The van der Waals surface area contributed by atoms with Crippen molar-refractivity contribution < 1.29 is 4.79 Å². The zero-order chi connectivity index (χ0) is 19.4. The summed E-state index contributed by atoms with van der Waals surface area (Å²) in [5.74, 6) is -0.556. The Morgan fingerprint density at radius 1 is 1.19 bits per heavy atom. The quantitative estimate of drug-likeness (QED) is 0.659. The molecule has 6 heteroatoms. The fourth-order valence-electron chi connectivity index (χ4n) is 1.93. The van der Waals surface area contributed by atoms with Gasteiger partial charge in [-0.25, -0.2) is 4.68 Å². The molecule has 0 fully saturated rings. The van der Waals surface area contributed by atoms with E-state index in [0.29, 0.717) is 11.4 Å². The molecular formula is C20H24N4O2. The van der Waals surface area contributed by atoms with E-state index >= 15 is 0 Å². The highest BCUT2D eigenvalue weighted by molar-refractivity contribution is 6.04. The van der Waals surface area contributed by atoms with Gasteiger partial charge in [0.25, 0.3) is 5.91 Å². The van der Waals surface area contributed by atoms with Gasteiger partial charge in [0.05, 0.1) is 5.70 Å². The van der Waals surface area contributed by atoms with Crippen molar-refractivity contribution in [1.82, 2.24) is 9.78 Å². The molecule has 1 heterocycles. The number of carbonyl (C=O) groups is 1. The van der Waals surface area contributed by atoms with Gasteiger partial charge in [-0.3, -0.25) is 14.6 Å². The monoisotopic (exact) mass is 352 g/mol. The average molecular weight is 352 g/mol. The lowest BCUT2D eigenvalue weighted by Crippen LogP contribution is -2.25. The van der Waals surface area contributed by atoms with Crippen molar-refractivity contribution >= 4 is 23.5 Å². The van der Waals surface area contributed by atoms with Gasteiger partial charge in [0.15, 0.2) is 5.69 Å². The fourth-order valence-corrected chi connectivity index (χ4v) is 1.93. The molecule has 0 unspecified atom stereocenters. The van der Waals surface area contributed by atoms with E-state index in [9.17, 15) is 9.59 Å². The molecule has 2 aromatic rings. The largest absolute Gasteiger partial charge is 0.320 e. The van der Waals surface area contributed by atoms with Crippen molar-refractivity contribution in [2.24, 2.45) is 4.99 Å². The number of hydrogen-bond acceptors (Lipinski definition) is 4. The molecule has 1 aromatic heterocycles. The Labute approximate surface area is 153 Å². The number of nitrogens with one attached hydrogen (secondary N) is 1. The summed E-state index contributed by atoms with van der Waals surface area (Å²) in [4.78, 5) is 28.3. The Morgan fingerprint density at radius 3 is 2.50 bits per heavy atom. The number of hydrogen-bond donors (Lipinski definition) is 1. The molecule has 0 radical (unpaired) electrons. The molecule has 26 heavy (non-hydrogen) atoms. The molecule has 0 aliphatic rings. The molecule has 1 aromatic carbocycles. The molecule has 0 spiro atoms. The predicted molar refractivity (Wildman–Crippen MR) is 108 cm³/mol. The van der Waals surface area contributed by atoms with Crippen molar-refractivity contribution in [3.8, 4) is 0 Å². The second-order valence-corrected chi connectivity index (χ2v) is 4.80. The topological polar surface area (TPSA) is 76.3 Å². The van der Waals surface area contributed by atoms with Gasteiger partial charge in [0.2, 0.25) is 5.43 Å². The van der Waals surface area contributed by atoms with Gasteiger partial charge in [0, 0.05) is 31.2 Å². The first-order chi connectivity index (χ1) is 12.7. The molecule has 0 aliphatic heterocycles. The second-order valence-electron chi connectivity index (χ2n) is 4.80. The summed E-state index contributed by atoms with van der Waals surface area (Å²) < 4.78 is 1.44. The summed E-state index contributed by atoms with van der Waals surface area (Å²) in [7, 11) is 1.63. The van der Waals surface area contributed by atoms with Crippen LogP contribution in [-0.4, -0.2) is 28.9 Å². The number of allylic oxidation sites excluding steroid dienone is 4. The van der Waals surface area contributed by atoms with E-state index in [1.807, 2.05) is 39.0 Å². The zero-order valence-corrected chi connectivity index (χ0v) is 15.5. The minimum absolute atomic E-state index is 0.183. The minimum atomic E-state index is -0.556. The predicted octanol–water partition coefficient (Wildman–Crippen LogP) is 3.64. The summed E-state index contributed by atoms with van der Waals surface area (Å²) in [6.07, 6.45) is 8.55. The van der Waals surface area contributed by atoms with Crippen LogP contribution in [0.3, 0.4) is 0 Å². The fraction of sp³-hybridized carbons (Fsp3) is 0.200. The van der Waals surface area contributed by atoms with E-state index in [0.717, 1.165) is 0 Å². The Bertz CT molecular complexity index is 850. The molecule has 2 rings (SSSR count). The van der Waals surface area contributed by atoms with Gasteiger partial charge >= 0.3 is 0 Å². The van der Waals surface area contributed by atoms with Crippen LogP contribution in [0.4, 0.5) is 5.69 Å². The van der Waals surface area contributed by atoms with E-state index in [1.165, 1.54) is 16.9 Å². The third kappa shape index (κ3) is 5.98. The highest BCUT2D eigenvalue weighted by Gasteiger charge is 2.13. The summed E-state index contributed by atoms with van der Waals surface area (Å²) in [5, 5.41) is 6.80. The van der Waals surface area contributed by atoms with Gasteiger partial charge in [-0.2, -0.15) is 5.10 Å². The van der Waals surface area contributed by atoms with Crippen LogP contribution >= 0.6 is 0 Å². The maximum atomic E-state index is 12.3. The van der Waals surface area contributed by atoms with Crippen LogP contribution in [0.5, 0.6) is 0 Å². The van der Waals surface area contributed by atoms with Crippen molar-refractivity contribution in [3.05, 3.63) is 76.7 Å². The third-order valence-corrected chi connectivity index (χ3v) is 3.04. The minimum Gasteiger partial charge on any atom is -0.320 e. The van der Waals surface area contributed by atoms with Gasteiger partial charge in [0.1, 0.15) is 0 Å². The van der Waals surface area contributed by atoms with Crippen molar-refractivity contribution in [2.75, 3.05) is 12.4 Å². The molecule has 0 bridgehead atoms. The number of para-hydroxylation sites is 1. The second kappa shape index (κ2) is 11.3. The molecule has 0 saturated carbocycles. The Balaban J connectivity index is 0.00000163. The number of aliphatic imine (C=N–C) groups is 1. The van der Waals surface area contributed by atoms with E-state index in [-0.39, 0.29) is 5.69 Å². The lowest BCUT2D eigenvalue weighted by molar-refractivity contribution is 0.101. The summed E-state index contributed by atoms with van der Waals surface area (Å²) in [6, 6.07) is 10.2. The molecular weight excluding hydrogens is 328 g/mol. The van der Waals surface area contributed by atoms with E-state index in [1.54, 1.807) is 43.6 Å². The van der Waals surface area contributed by atoms with E-state index < -0.39 is 11.3 Å². The molecule has 0 atom stereocenters. The number of carbonyl (C=O) groups excluding carboxylic acids is 1. The van der Waals surface area contributed by atoms with Crippen LogP contribution < -0.4 is 10.7 Å². The summed E-state index contributed by atoms with van der Waals surface area (Å²) >= 11 is 0. The molecule has 136 valence electrons. The van der Waals surface area contributed by atoms with E-state index in [2.05, 4.69) is 15.4 Å². The highest BCUT2D eigenvalue weighted by Crippen LogP contribution is 2.06. The van der Waals surface area contributed by atoms with Crippen LogP contribution in [-0.2, 0) is 0 Å². The number of benzene rings is 1. The van der Waals surface area contributed by atoms with Gasteiger partial charge in [-0.05, 0) is 25.1 Å². The lowest BCUT2D eigenvalue weighted by Gasteiger charge is -2.08. The molecule has 1 N–H and O–H groups in total. The summed E-state index contributed by atoms with van der Waals surface area (Å²) in [5.41, 5.74) is 0.596. The first kappa shape index (κ1) is 20.8. The van der Waals surface area contributed by atoms with Crippen molar-refractivity contribution in [2.45, 2.75) is 20.8 Å². The van der Waals surface area contributed by atoms with E-state index in [4.69, 9.17) is 0 Å².